The van der Waals surface area contributed by atoms with Crippen LogP contribution >= 0.6 is 0 Å². The SMILES string of the molecule is COc1ncccc1Cn1c(C)nc2c1CCCC2. The summed E-state index contributed by atoms with van der Waals surface area (Å²) in [5.41, 5.74) is 3.79. The number of pyridine rings is 1. The van der Waals surface area contributed by atoms with Crippen LogP contribution in [0.4, 0.5) is 0 Å². The number of rotatable bonds is 3. The van der Waals surface area contributed by atoms with Crippen molar-refractivity contribution >= 4 is 0 Å². The van der Waals surface area contributed by atoms with Crippen molar-refractivity contribution in [3.8, 4) is 5.88 Å². The summed E-state index contributed by atoms with van der Waals surface area (Å²) in [4.78, 5) is 8.97. The molecule has 0 fully saturated rings. The molecule has 0 aliphatic heterocycles. The fourth-order valence-electron chi connectivity index (χ4n) is 2.84. The van der Waals surface area contributed by atoms with Gasteiger partial charge < -0.3 is 9.30 Å². The lowest BCUT2D eigenvalue weighted by molar-refractivity contribution is 0.390. The number of nitrogens with zero attached hydrogens (tertiary/aromatic N) is 3. The van der Waals surface area contributed by atoms with Crippen LogP contribution in [0.15, 0.2) is 18.3 Å². The molecule has 0 unspecified atom stereocenters. The first-order valence-electron chi connectivity index (χ1n) is 6.82. The summed E-state index contributed by atoms with van der Waals surface area (Å²) in [6, 6.07) is 4.02. The summed E-state index contributed by atoms with van der Waals surface area (Å²) in [6.45, 7) is 2.88. The fourth-order valence-corrected chi connectivity index (χ4v) is 2.84. The highest BCUT2D eigenvalue weighted by atomic mass is 16.5. The maximum atomic E-state index is 5.33. The molecule has 2 aromatic heterocycles. The zero-order chi connectivity index (χ0) is 13.2. The number of hydrogen-bond donors (Lipinski definition) is 0. The van der Waals surface area contributed by atoms with Crippen molar-refractivity contribution in [1.82, 2.24) is 14.5 Å². The van der Waals surface area contributed by atoms with Gasteiger partial charge in [0, 0.05) is 17.5 Å². The highest BCUT2D eigenvalue weighted by molar-refractivity contribution is 5.28. The molecule has 0 radical (unpaired) electrons. The average molecular weight is 257 g/mol. The van der Waals surface area contributed by atoms with Crippen LogP contribution in [0.2, 0.25) is 0 Å². The summed E-state index contributed by atoms with van der Waals surface area (Å²) < 4.78 is 7.65. The second-order valence-corrected chi connectivity index (χ2v) is 5.02. The Morgan fingerprint density at radius 2 is 2.16 bits per heavy atom. The Morgan fingerprint density at radius 1 is 1.32 bits per heavy atom. The molecule has 0 saturated heterocycles. The van der Waals surface area contributed by atoms with Gasteiger partial charge in [0.2, 0.25) is 5.88 Å². The highest BCUT2D eigenvalue weighted by Crippen LogP contribution is 2.24. The summed E-state index contributed by atoms with van der Waals surface area (Å²) in [5, 5.41) is 0. The average Bonchev–Trinajstić information content (AvgIpc) is 2.76. The molecule has 4 heteroatoms. The molecule has 0 saturated carbocycles. The van der Waals surface area contributed by atoms with E-state index in [1.165, 1.54) is 24.2 Å². The normalized spacial score (nSPS) is 14.2. The molecule has 4 nitrogen and oxygen atoms in total. The van der Waals surface area contributed by atoms with E-state index in [4.69, 9.17) is 9.72 Å². The van der Waals surface area contributed by atoms with Crippen LogP contribution in [0.25, 0.3) is 0 Å². The molecule has 0 amide bonds. The smallest absolute Gasteiger partial charge is 0.218 e. The molecule has 2 aromatic rings. The number of aryl methyl sites for hydroxylation is 2. The number of ether oxygens (including phenoxy) is 1. The monoisotopic (exact) mass is 257 g/mol. The quantitative estimate of drug-likeness (QED) is 0.848. The van der Waals surface area contributed by atoms with Gasteiger partial charge in [0.1, 0.15) is 5.82 Å². The van der Waals surface area contributed by atoms with E-state index >= 15 is 0 Å². The van der Waals surface area contributed by atoms with Crippen LogP contribution in [-0.4, -0.2) is 21.6 Å². The third-order valence-electron chi connectivity index (χ3n) is 3.80. The molecule has 19 heavy (non-hydrogen) atoms. The number of imidazole rings is 1. The lowest BCUT2D eigenvalue weighted by Gasteiger charge is -2.15. The van der Waals surface area contributed by atoms with Crippen LogP contribution in [0.3, 0.4) is 0 Å². The molecular weight excluding hydrogens is 238 g/mol. The van der Waals surface area contributed by atoms with Gasteiger partial charge in [-0.25, -0.2) is 9.97 Å². The standard InChI is InChI=1S/C15H19N3O/c1-11-17-13-7-3-4-8-14(13)18(11)10-12-6-5-9-16-15(12)19-2/h5-6,9H,3-4,7-8,10H2,1-2H3. The number of fused-ring (bicyclic) bond motifs is 1. The van der Waals surface area contributed by atoms with Crippen LogP contribution in [-0.2, 0) is 19.4 Å². The van der Waals surface area contributed by atoms with Gasteiger partial charge in [-0.3, -0.25) is 0 Å². The van der Waals surface area contributed by atoms with E-state index in [9.17, 15) is 0 Å². The molecule has 2 heterocycles. The van der Waals surface area contributed by atoms with Crippen molar-refractivity contribution in [3.05, 3.63) is 41.1 Å². The van der Waals surface area contributed by atoms with Crippen molar-refractivity contribution in [1.29, 1.82) is 0 Å². The molecular formula is C15H19N3O. The minimum absolute atomic E-state index is 0.708. The zero-order valence-electron chi connectivity index (χ0n) is 11.5. The van der Waals surface area contributed by atoms with Gasteiger partial charge in [-0.05, 0) is 38.7 Å². The molecule has 0 spiro atoms. The Morgan fingerprint density at radius 3 is 3.00 bits per heavy atom. The van der Waals surface area contributed by atoms with Crippen LogP contribution < -0.4 is 4.74 Å². The van der Waals surface area contributed by atoms with Crippen molar-refractivity contribution in [3.63, 3.8) is 0 Å². The molecule has 1 aliphatic rings. The van der Waals surface area contributed by atoms with Gasteiger partial charge >= 0.3 is 0 Å². The Kier molecular flexibility index (Phi) is 3.23. The molecule has 3 rings (SSSR count). The zero-order valence-corrected chi connectivity index (χ0v) is 11.5. The van der Waals surface area contributed by atoms with Crippen LogP contribution in [0.1, 0.15) is 35.6 Å². The van der Waals surface area contributed by atoms with Gasteiger partial charge in [0.25, 0.3) is 0 Å². The lowest BCUT2D eigenvalue weighted by Crippen LogP contribution is -2.11. The van der Waals surface area contributed by atoms with E-state index in [0.717, 1.165) is 30.8 Å². The maximum Gasteiger partial charge on any atom is 0.218 e. The number of methoxy groups -OCH3 is 1. The van der Waals surface area contributed by atoms with Gasteiger partial charge in [-0.2, -0.15) is 0 Å². The largest absolute Gasteiger partial charge is 0.481 e. The summed E-state index contributed by atoms with van der Waals surface area (Å²) in [6.07, 6.45) is 6.55. The van der Waals surface area contributed by atoms with Crippen LogP contribution in [0.5, 0.6) is 5.88 Å². The fraction of sp³-hybridized carbons (Fsp3) is 0.467. The minimum atomic E-state index is 0.708. The Bertz CT molecular complexity index is 589. The van der Waals surface area contributed by atoms with Crippen molar-refractivity contribution < 1.29 is 4.74 Å². The Balaban J connectivity index is 1.97. The molecule has 0 N–H and O–H groups in total. The van der Waals surface area contributed by atoms with E-state index in [-0.39, 0.29) is 0 Å². The molecule has 100 valence electrons. The summed E-state index contributed by atoms with van der Waals surface area (Å²) >= 11 is 0. The second kappa shape index (κ2) is 5.03. The molecule has 1 aliphatic carbocycles. The first-order valence-corrected chi connectivity index (χ1v) is 6.82. The van der Waals surface area contributed by atoms with Crippen molar-refractivity contribution in [2.24, 2.45) is 0 Å². The Hall–Kier alpha value is -1.84. The second-order valence-electron chi connectivity index (χ2n) is 5.02. The Labute approximate surface area is 113 Å². The summed E-state index contributed by atoms with van der Waals surface area (Å²) in [7, 11) is 1.67. The molecule has 0 bridgehead atoms. The third-order valence-corrected chi connectivity index (χ3v) is 3.80. The lowest BCUT2D eigenvalue weighted by atomic mass is 10.0. The third kappa shape index (κ3) is 2.23. The highest BCUT2D eigenvalue weighted by Gasteiger charge is 2.18. The van der Waals surface area contributed by atoms with Gasteiger partial charge in [0.05, 0.1) is 19.3 Å². The topological polar surface area (TPSA) is 39.9 Å². The predicted octanol–water partition coefficient (Wildman–Crippen LogP) is 2.52. The molecule has 0 aromatic carbocycles. The van der Waals surface area contributed by atoms with Gasteiger partial charge in [-0.15, -0.1) is 0 Å². The predicted molar refractivity (Wildman–Crippen MR) is 73.5 cm³/mol. The number of aromatic nitrogens is 3. The van der Waals surface area contributed by atoms with E-state index in [2.05, 4.69) is 22.5 Å². The maximum absolute atomic E-state index is 5.33. The van der Waals surface area contributed by atoms with E-state index < -0.39 is 0 Å². The minimum Gasteiger partial charge on any atom is -0.481 e. The first-order chi connectivity index (χ1) is 9.29. The van der Waals surface area contributed by atoms with E-state index in [1.54, 1.807) is 13.3 Å². The summed E-state index contributed by atoms with van der Waals surface area (Å²) in [5.74, 6) is 1.80. The van der Waals surface area contributed by atoms with E-state index in [0.29, 0.717) is 5.88 Å². The number of hydrogen-bond acceptors (Lipinski definition) is 3. The van der Waals surface area contributed by atoms with Crippen LogP contribution in [0, 0.1) is 6.92 Å². The van der Waals surface area contributed by atoms with Gasteiger partial charge in [0.15, 0.2) is 0 Å². The van der Waals surface area contributed by atoms with Gasteiger partial charge in [-0.1, -0.05) is 6.07 Å². The van der Waals surface area contributed by atoms with Crippen molar-refractivity contribution in [2.45, 2.75) is 39.2 Å². The molecule has 0 atom stereocenters. The van der Waals surface area contributed by atoms with Crippen molar-refractivity contribution in [2.75, 3.05) is 7.11 Å². The first kappa shape index (κ1) is 12.2. The van der Waals surface area contributed by atoms with E-state index in [1.807, 2.05) is 6.07 Å².